The number of likely N-dealkylation sites (N-methyl/N-ethyl adjacent to an activating group) is 1. The molecule has 0 radical (unpaired) electrons. The molecular weight excluding hydrogens is 763 g/mol. The maximum Gasteiger partial charge on any atom is 0.362 e. The summed E-state index contributed by atoms with van der Waals surface area (Å²) < 4.78 is 17.2. The summed E-state index contributed by atoms with van der Waals surface area (Å²) in [6, 6.07) is -0.635. The van der Waals surface area contributed by atoms with Gasteiger partial charge < -0.3 is 23.8 Å². The number of esters is 2. The second-order valence-electron chi connectivity index (χ2n) is 16.3. The van der Waals surface area contributed by atoms with Crippen molar-refractivity contribution in [2.24, 2.45) is 0 Å². The first kappa shape index (κ1) is 57.0. The lowest BCUT2D eigenvalue weighted by molar-refractivity contribution is -0.887. The molecular formula is C53H86NO7+. The largest absolute Gasteiger partial charge is 0.477 e. The number of allylic oxidation sites excluding steroid dienone is 18. The second kappa shape index (κ2) is 42.7. The van der Waals surface area contributed by atoms with Crippen molar-refractivity contribution in [3.63, 3.8) is 0 Å². The summed E-state index contributed by atoms with van der Waals surface area (Å²) in [7, 11) is 5.49. The molecule has 0 aromatic heterocycles. The Hall–Kier alpha value is -4.01. The van der Waals surface area contributed by atoms with Gasteiger partial charge >= 0.3 is 17.9 Å². The standard InChI is InChI=1S/C53H85NO7/c1-6-8-10-12-14-16-18-20-22-24-25-26-28-29-31-33-35-37-39-41-43-51(55)60-48-49(47-59-46-45-50(53(57)58)54(3,4)5)61-52(56)44-42-40-38-36-34-32-30-27-23-21-19-17-15-13-11-9-7-2/h8,10,14-17,20-23,25-26,29-32,36,38,49-50H,6-7,9,11-13,18-19,24,27-28,33-35,37,39-48H2,1-5H3/p+1/b10-8+,16-14+,17-15+,22-20+,23-21+,26-25+,31-29+,32-30+,38-36+. The van der Waals surface area contributed by atoms with Crippen LogP contribution >= 0.6 is 0 Å². The Bertz CT molecular complexity index is 1360. The fourth-order valence-electron chi connectivity index (χ4n) is 6.05. The molecule has 0 heterocycles. The number of aliphatic carboxylic acids is 1. The zero-order chi connectivity index (χ0) is 44.9. The summed E-state index contributed by atoms with van der Waals surface area (Å²) in [5.74, 6) is -1.59. The van der Waals surface area contributed by atoms with Gasteiger partial charge in [0, 0.05) is 19.3 Å². The van der Waals surface area contributed by atoms with Crippen LogP contribution in [0.3, 0.4) is 0 Å². The number of hydrogen-bond acceptors (Lipinski definition) is 6. The van der Waals surface area contributed by atoms with Gasteiger partial charge in [0.15, 0.2) is 12.1 Å². The minimum absolute atomic E-state index is 0.0233. The Labute approximate surface area is 372 Å². The van der Waals surface area contributed by atoms with E-state index in [1.54, 1.807) is 0 Å². The molecule has 344 valence electrons. The zero-order valence-electron chi connectivity index (χ0n) is 39.1. The number of carboxylic acid groups (broad SMARTS) is 1. The molecule has 0 saturated carbocycles. The predicted octanol–water partition coefficient (Wildman–Crippen LogP) is 13.2. The summed E-state index contributed by atoms with van der Waals surface area (Å²) in [6.07, 6.45) is 58.5. The second-order valence-corrected chi connectivity index (χ2v) is 16.3. The Balaban J connectivity index is 4.47. The van der Waals surface area contributed by atoms with E-state index in [1.807, 2.05) is 21.1 Å². The number of nitrogens with zero attached hydrogens (tertiary/aromatic N) is 1. The summed E-state index contributed by atoms with van der Waals surface area (Å²) in [4.78, 5) is 37.0. The van der Waals surface area contributed by atoms with Crippen LogP contribution in [0.25, 0.3) is 0 Å². The zero-order valence-corrected chi connectivity index (χ0v) is 39.1. The van der Waals surface area contributed by atoms with Crippen LogP contribution in [0.1, 0.15) is 155 Å². The molecule has 8 nitrogen and oxygen atoms in total. The first-order chi connectivity index (χ1) is 29.6. The number of quaternary nitrogens is 1. The molecule has 0 fully saturated rings. The number of hydrogen-bond donors (Lipinski definition) is 1. The number of ether oxygens (including phenoxy) is 3. The number of carbonyl (C=O) groups excluding carboxylic acids is 2. The average molecular weight is 849 g/mol. The highest BCUT2D eigenvalue weighted by Gasteiger charge is 2.31. The smallest absolute Gasteiger partial charge is 0.362 e. The summed E-state index contributed by atoms with van der Waals surface area (Å²) in [5.41, 5.74) is 0. The fraction of sp³-hybridized carbons (Fsp3) is 0.604. The molecule has 61 heavy (non-hydrogen) atoms. The predicted molar refractivity (Wildman–Crippen MR) is 256 cm³/mol. The van der Waals surface area contributed by atoms with Crippen molar-refractivity contribution in [3.8, 4) is 0 Å². The van der Waals surface area contributed by atoms with E-state index in [0.29, 0.717) is 19.3 Å². The van der Waals surface area contributed by atoms with E-state index in [-0.39, 0.29) is 42.7 Å². The van der Waals surface area contributed by atoms with Crippen molar-refractivity contribution in [2.75, 3.05) is 41.0 Å². The van der Waals surface area contributed by atoms with Crippen molar-refractivity contribution in [1.29, 1.82) is 0 Å². The third kappa shape index (κ3) is 41.1. The van der Waals surface area contributed by atoms with E-state index >= 15 is 0 Å². The highest BCUT2D eigenvalue weighted by atomic mass is 16.6. The van der Waals surface area contributed by atoms with Gasteiger partial charge in [-0.05, 0) is 96.3 Å². The Morgan fingerprint density at radius 3 is 1.39 bits per heavy atom. The molecule has 0 aliphatic carbocycles. The quantitative estimate of drug-likeness (QED) is 0.0284. The first-order valence-electron chi connectivity index (χ1n) is 23.4. The molecule has 0 aliphatic heterocycles. The molecule has 0 aromatic rings. The normalized spacial score (nSPS) is 13.9. The molecule has 0 saturated heterocycles. The highest BCUT2D eigenvalue weighted by molar-refractivity contribution is 5.72. The molecule has 0 aliphatic rings. The first-order valence-corrected chi connectivity index (χ1v) is 23.4. The SMILES string of the molecule is CC/C=C/C/C=C/C/C=C/C/C=C/C/C=C/CCCCCCC(=O)OCC(COCCC(C(=O)O)[N+](C)(C)C)OC(=O)CCC/C=C/C/C=C/C/C=C/C/C=C/CCCCC. The lowest BCUT2D eigenvalue weighted by atomic mass is 10.1. The molecule has 1 N–H and O–H groups in total. The molecule has 0 rings (SSSR count). The lowest BCUT2D eigenvalue weighted by Gasteiger charge is -2.31. The minimum Gasteiger partial charge on any atom is -0.477 e. The van der Waals surface area contributed by atoms with Crippen LogP contribution in [0, 0.1) is 0 Å². The van der Waals surface area contributed by atoms with Crippen LogP contribution in [0.4, 0.5) is 0 Å². The summed E-state index contributed by atoms with van der Waals surface area (Å²) in [5, 5.41) is 9.63. The molecule has 2 atom stereocenters. The minimum atomic E-state index is -0.892. The van der Waals surface area contributed by atoms with Gasteiger partial charge in [0.05, 0.1) is 34.4 Å². The summed E-state index contributed by atoms with van der Waals surface area (Å²) >= 11 is 0. The third-order valence-corrected chi connectivity index (χ3v) is 9.66. The topological polar surface area (TPSA) is 99.1 Å². The van der Waals surface area contributed by atoms with Gasteiger partial charge in [-0.3, -0.25) is 9.59 Å². The van der Waals surface area contributed by atoms with E-state index in [0.717, 1.165) is 89.9 Å². The molecule has 0 spiro atoms. The van der Waals surface area contributed by atoms with Crippen LogP contribution in [0.2, 0.25) is 0 Å². The Morgan fingerprint density at radius 1 is 0.508 bits per heavy atom. The van der Waals surface area contributed by atoms with E-state index in [1.165, 1.54) is 25.7 Å². The number of rotatable bonds is 40. The van der Waals surface area contributed by atoms with E-state index in [9.17, 15) is 19.5 Å². The molecule has 0 bridgehead atoms. The highest BCUT2D eigenvalue weighted by Crippen LogP contribution is 2.11. The lowest BCUT2D eigenvalue weighted by Crippen LogP contribution is -2.50. The van der Waals surface area contributed by atoms with Gasteiger partial charge in [0.1, 0.15) is 6.61 Å². The van der Waals surface area contributed by atoms with Crippen LogP contribution in [-0.4, -0.2) is 80.6 Å². The fourth-order valence-corrected chi connectivity index (χ4v) is 6.05. The van der Waals surface area contributed by atoms with Crippen molar-refractivity contribution in [1.82, 2.24) is 0 Å². The average Bonchev–Trinajstić information content (AvgIpc) is 3.22. The Morgan fingerprint density at radius 2 is 0.934 bits per heavy atom. The van der Waals surface area contributed by atoms with Gasteiger partial charge in [0.2, 0.25) is 0 Å². The van der Waals surface area contributed by atoms with Crippen molar-refractivity contribution < 1.29 is 38.2 Å². The summed E-state index contributed by atoms with van der Waals surface area (Å²) in [6.45, 7) is 4.48. The van der Waals surface area contributed by atoms with Crippen molar-refractivity contribution >= 4 is 17.9 Å². The number of carboxylic acids is 1. The van der Waals surface area contributed by atoms with Gasteiger partial charge in [-0.1, -0.05) is 149 Å². The van der Waals surface area contributed by atoms with Crippen molar-refractivity contribution in [2.45, 2.75) is 167 Å². The van der Waals surface area contributed by atoms with Gasteiger partial charge in [-0.25, -0.2) is 4.79 Å². The maximum atomic E-state index is 12.7. The molecule has 2 unspecified atom stereocenters. The third-order valence-electron chi connectivity index (χ3n) is 9.66. The monoisotopic (exact) mass is 849 g/mol. The van der Waals surface area contributed by atoms with Gasteiger partial charge in [-0.2, -0.15) is 0 Å². The molecule has 0 aromatic carbocycles. The van der Waals surface area contributed by atoms with Crippen LogP contribution in [-0.2, 0) is 28.6 Å². The molecule has 8 heteroatoms. The van der Waals surface area contributed by atoms with E-state index in [2.05, 4.69) is 123 Å². The maximum absolute atomic E-state index is 12.7. The van der Waals surface area contributed by atoms with E-state index < -0.39 is 18.1 Å². The van der Waals surface area contributed by atoms with Crippen molar-refractivity contribution in [3.05, 3.63) is 109 Å². The Kier molecular flexibility index (Phi) is 39.9. The van der Waals surface area contributed by atoms with E-state index in [4.69, 9.17) is 14.2 Å². The van der Waals surface area contributed by atoms with Gasteiger partial charge in [0.25, 0.3) is 0 Å². The molecule has 0 amide bonds. The van der Waals surface area contributed by atoms with Crippen LogP contribution in [0.15, 0.2) is 109 Å². The van der Waals surface area contributed by atoms with Crippen LogP contribution in [0.5, 0.6) is 0 Å². The number of carbonyl (C=O) groups is 3. The van der Waals surface area contributed by atoms with Gasteiger partial charge in [-0.15, -0.1) is 0 Å². The number of unbranched alkanes of at least 4 members (excludes halogenated alkanes) is 8. The van der Waals surface area contributed by atoms with Crippen LogP contribution < -0.4 is 0 Å².